The van der Waals surface area contributed by atoms with Crippen LogP contribution in [0.1, 0.15) is 24.1 Å². The highest BCUT2D eigenvalue weighted by molar-refractivity contribution is 5.48. The van der Waals surface area contributed by atoms with E-state index in [2.05, 4.69) is 26.1 Å². The molecule has 0 fully saturated rings. The van der Waals surface area contributed by atoms with Crippen LogP contribution in [0.3, 0.4) is 0 Å². The van der Waals surface area contributed by atoms with Crippen LogP contribution in [0.25, 0.3) is 0 Å². The van der Waals surface area contributed by atoms with Crippen LogP contribution in [0.5, 0.6) is 11.5 Å². The molecule has 1 heterocycles. The quantitative estimate of drug-likeness (QED) is 0.844. The minimum atomic E-state index is 0.226. The summed E-state index contributed by atoms with van der Waals surface area (Å²) in [5, 5.41) is 9.27. The Hall–Kier alpha value is -1.26. The van der Waals surface area contributed by atoms with Gasteiger partial charge >= 0.3 is 0 Å². The zero-order valence-corrected chi connectivity index (χ0v) is 12.3. The number of nitrogens with zero attached hydrogens (tertiary/aromatic N) is 1. The molecule has 2 rings (SSSR count). The summed E-state index contributed by atoms with van der Waals surface area (Å²) in [6.45, 7) is 4.28. The molecule has 0 unspecified atom stereocenters. The molecule has 0 saturated carbocycles. The monoisotopic (exact) mass is 266 g/mol. The van der Waals surface area contributed by atoms with E-state index in [1.165, 1.54) is 11.1 Å². The van der Waals surface area contributed by atoms with Crippen molar-refractivity contribution in [3.63, 3.8) is 0 Å². The normalized spacial score (nSPS) is 25.8. The molecule has 4 heteroatoms. The molecule has 0 spiro atoms. The number of ether oxygens (including phenoxy) is 2. The number of benzene rings is 1. The van der Waals surface area contributed by atoms with Crippen LogP contribution in [0.4, 0.5) is 0 Å². The third-order valence-electron chi connectivity index (χ3n) is 4.53. The Kier molecular flexibility index (Phi) is 4.02. The van der Waals surface area contributed by atoms with Gasteiger partial charge in [0.05, 0.1) is 34.4 Å². The van der Waals surface area contributed by atoms with Gasteiger partial charge in [0.25, 0.3) is 0 Å². The van der Waals surface area contributed by atoms with Crippen LogP contribution >= 0.6 is 0 Å². The van der Waals surface area contributed by atoms with Crippen molar-refractivity contribution >= 4 is 0 Å². The number of hydrogen-bond donors (Lipinski definition) is 1. The molecule has 0 aliphatic carbocycles. The molecule has 4 nitrogen and oxygen atoms in total. The first-order chi connectivity index (χ1) is 9.05. The molecule has 1 aliphatic rings. The predicted molar refractivity (Wildman–Crippen MR) is 74.7 cm³/mol. The fraction of sp³-hybridized carbons (Fsp3) is 0.600. The lowest BCUT2D eigenvalue weighted by Gasteiger charge is -2.44. The Labute approximate surface area is 115 Å². The second-order valence-corrected chi connectivity index (χ2v) is 5.48. The topological polar surface area (TPSA) is 38.7 Å². The van der Waals surface area contributed by atoms with Gasteiger partial charge in [-0.2, -0.15) is 0 Å². The fourth-order valence-electron chi connectivity index (χ4n) is 2.98. The zero-order chi connectivity index (χ0) is 14.0. The van der Waals surface area contributed by atoms with E-state index in [9.17, 15) is 5.11 Å². The summed E-state index contributed by atoms with van der Waals surface area (Å²) in [7, 11) is 5.54. The van der Waals surface area contributed by atoms with Crippen LogP contribution in [-0.2, 0) is 6.42 Å². The maximum Gasteiger partial charge on any atom is 0.161 e. The molecule has 0 radical (unpaired) electrons. The summed E-state index contributed by atoms with van der Waals surface area (Å²) in [6, 6.07) is 4.54. The number of rotatable bonds is 4. The average Bonchev–Trinajstić information content (AvgIpc) is 2.42. The summed E-state index contributed by atoms with van der Waals surface area (Å²) in [5.74, 6) is 1.58. The first-order valence-corrected chi connectivity index (χ1v) is 6.75. The molecule has 1 aromatic rings. The van der Waals surface area contributed by atoms with E-state index in [-0.39, 0.29) is 6.61 Å². The lowest BCUT2D eigenvalue weighted by atomic mass is 9.91. The largest absolute Gasteiger partial charge is 0.493 e. The molecule has 1 N–H and O–H groups in total. The van der Waals surface area contributed by atoms with Gasteiger partial charge in [-0.1, -0.05) is 0 Å². The van der Waals surface area contributed by atoms with Gasteiger partial charge in [-0.15, -0.1) is 0 Å². The minimum absolute atomic E-state index is 0.226. The Balaban J connectivity index is 2.43. The van der Waals surface area contributed by atoms with Gasteiger partial charge in [0, 0.05) is 12.0 Å². The maximum absolute atomic E-state index is 9.27. The van der Waals surface area contributed by atoms with Gasteiger partial charge in [-0.3, -0.25) is 0 Å². The van der Waals surface area contributed by atoms with Gasteiger partial charge in [0.1, 0.15) is 12.6 Å². The fourth-order valence-corrected chi connectivity index (χ4v) is 2.98. The van der Waals surface area contributed by atoms with Crippen molar-refractivity contribution in [3.05, 3.63) is 23.3 Å². The predicted octanol–water partition coefficient (Wildman–Crippen LogP) is 1.76. The SMILES string of the molecule is COc1cc2c(cc1OC)[C@H](C)[N@+](C)(CCO)CC2. The van der Waals surface area contributed by atoms with E-state index in [1.807, 2.05) is 0 Å². The highest BCUT2D eigenvalue weighted by atomic mass is 16.5. The molecule has 19 heavy (non-hydrogen) atoms. The summed E-state index contributed by atoms with van der Waals surface area (Å²) < 4.78 is 11.6. The molecular weight excluding hydrogens is 242 g/mol. The van der Waals surface area contributed by atoms with Gasteiger partial charge in [0.2, 0.25) is 0 Å². The number of quaternary nitrogens is 1. The Bertz CT molecular complexity index is 461. The lowest BCUT2D eigenvalue weighted by Crippen LogP contribution is -2.51. The Morgan fingerprint density at radius 1 is 1.26 bits per heavy atom. The Morgan fingerprint density at radius 3 is 2.47 bits per heavy atom. The number of fused-ring (bicyclic) bond motifs is 1. The van der Waals surface area contributed by atoms with Crippen molar-refractivity contribution in [2.75, 3.05) is 41.0 Å². The minimum Gasteiger partial charge on any atom is -0.493 e. The maximum atomic E-state index is 9.27. The van der Waals surface area contributed by atoms with E-state index >= 15 is 0 Å². The Morgan fingerprint density at radius 2 is 1.89 bits per heavy atom. The van der Waals surface area contributed by atoms with Gasteiger partial charge in [-0.25, -0.2) is 0 Å². The van der Waals surface area contributed by atoms with E-state index < -0.39 is 0 Å². The molecule has 0 aromatic heterocycles. The molecule has 0 saturated heterocycles. The van der Waals surface area contributed by atoms with E-state index in [0.717, 1.165) is 35.5 Å². The van der Waals surface area contributed by atoms with Gasteiger partial charge in [-0.05, 0) is 24.6 Å². The van der Waals surface area contributed by atoms with Crippen molar-refractivity contribution in [2.45, 2.75) is 19.4 Å². The van der Waals surface area contributed by atoms with Crippen LogP contribution in [-0.4, -0.2) is 50.6 Å². The van der Waals surface area contributed by atoms with Crippen molar-refractivity contribution in [1.82, 2.24) is 0 Å². The molecule has 106 valence electrons. The van der Waals surface area contributed by atoms with Gasteiger partial charge in [0.15, 0.2) is 11.5 Å². The molecular formula is C15H24NO3+. The number of hydrogen-bond acceptors (Lipinski definition) is 3. The summed E-state index contributed by atoms with van der Waals surface area (Å²) in [5.41, 5.74) is 2.64. The summed E-state index contributed by atoms with van der Waals surface area (Å²) >= 11 is 0. The smallest absolute Gasteiger partial charge is 0.161 e. The average molecular weight is 266 g/mol. The number of aliphatic hydroxyl groups excluding tert-OH is 1. The van der Waals surface area contributed by atoms with Crippen molar-refractivity contribution in [3.8, 4) is 11.5 Å². The first kappa shape index (κ1) is 14.2. The number of likely N-dealkylation sites (N-methyl/N-ethyl adjacent to an activating group) is 1. The van der Waals surface area contributed by atoms with Crippen molar-refractivity contribution in [2.24, 2.45) is 0 Å². The van der Waals surface area contributed by atoms with Gasteiger partial charge < -0.3 is 19.1 Å². The molecule has 0 bridgehead atoms. The van der Waals surface area contributed by atoms with Crippen LogP contribution in [0.15, 0.2) is 12.1 Å². The van der Waals surface area contributed by atoms with Crippen LogP contribution in [0.2, 0.25) is 0 Å². The standard InChI is InChI=1S/C15H24NO3/c1-11-13-10-15(19-4)14(18-3)9-12(13)5-6-16(11,2)7-8-17/h9-11,17H,5-8H2,1-4H3/q+1/t11-,16-/m0/s1. The van der Waals surface area contributed by atoms with Crippen molar-refractivity contribution in [1.29, 1.82) is 0 Å². The van der Waals surface area contributed by atoms with Crippen LogP contribution in [0, 0.1) is 0 Å². The highest BCUT2D eigenvalue weighted by Crippen LogP contribution is 2.40. The second kappa shape index (κ2) is 5.39. The van der Waals surface area contributed by atoms with E-state index in [1.54, 1.807) is 14.2 Å². The highest BCUT2D eigenvalue weighted by Gasteiger charge is 2.36. The lowest BCUT2D eigenvalue weighted by molar-refractivity contribution is -0.939. The summed E-state index contributed by atoms with van der Waals surface area (Å²) in [4.78, 5) is 0. The van der Waals surface area contributed by atoms with E-state index in [0.29, 0.717) is 6.04 Å². The molecule has 1 aliphatic heterocycles. The zero-order valence-electron chi connectivity index (χ0n) is 12.3. The number of aliphatic hydroxyl groups is 1. The number of methoxy groups -OCH3 is 2. The molecule has 0 amide bonds. The second-order valence-electron chi connectivity index (χ2n) is 5.48. The summed E-state index contributed by atoms with van der Waals surface area (Å²) in [6.07, 6.45) is 1.01. The molecule has 2 atom stereocenters. The molecule has 1 aromatic carbocycles. The first-order valence-electron chi connectivity index (χ1n) is 6.75. The van der Waals surface area contributed by atoms with E-state index in [4.69, 9.17) is 9.47 Å². The third-order valence-corrected chi connectivity index (χ3v) is 4.53. The van der Waals surface area contributed by atoms with Crippen LogP contribution < -0.4 is 9.47 Å². The third kappa shape index (κ3) is 2.42. The van der Waals surface area contributed by atoms with Crippen molar-refractivity contribution < 1.29 is 19.1 Å².